The first-order valence-corrected chi connectivity index (χ1v) is 13.9. The molecule has 0 amide bonds. The summed E-state index contributed by atoms with van der Waals surface area (Å²) in [4.78, 5) is 0. The molecule has 0 bridgehead atoms. The Bertz CT molecular complexity index is 1910. The molecule has 0 aromatic heterocycles. The van der Waals surface area contributed by atoms with Gasteiger partial charge in [0.25, 0.3) is 0 Å². The van der Waals surface area contributed by atoms with Crippen LogP contribution in [-0.2, 0) is 4.57 Å². The Morgan fingerprint density at radius 2 is 0.806 bits per heavy atom. The third kappa shape index (κ3) is 3.00. The van der Waals surface area contributed by atoms with Crippen molar-refractivity contribution in [2.24, 2.45) is 0 Å². The van der Waals surface area contributed by atoms with Gasteiger partial charge in [-0.05, 0) is 43.8 Å². The van der Waals surface area contributed by atoms with Gasteiger partial charge in [0.1, 0.15) is 0 Å². The highest BCUT2D eigenvalue weighted by molar-refractivity contribution is 7.86. The van der Waals surface area contributed by atoms with Crippen molar-refractivity contribution < 1.29 is 4.57 Å². The van der Waals surface area contributed by atoms with Crippen molar-refractivity contribution in [3.8, 4) is 0 Å². The van der Waals surface area contributed by atoms with Gasteiger partial charge in [-0.25, -0.2) is 0 Å². The Morgan fingerprint density at radius 1 is 0.389 bits per heavy atom. The van der Waals surface area contributed by atoms with Gasteiger partial charge in [0.15, 0.2) is 7.14 Å². The van der Waals surface area contributed by atoms with Crippen LogP contribution >= 0.6 is 7.14 Å². The van der Waals surface area contributed by atoms with Crippen LogP contribution < -0.4 is 15.9 Å². The number of fused-ring (bicyclic) bond motifs is 7. The second-order valence-corrected chi connectivity index (χ2v) is 11.9. The summed E-state index contributed by atoms with van der Waals surface area (Å²) < 4.78 is 15.8. The molecule has 0 aliphatic heterocycles. The summed E-state index contributed by atoms with van der Waals surface area (Å²) in [6.45, 7) is 0. The third-order valence-corrected chi connectivity index (χ3v) is 10.4. The van der Waals surface area contributed by atoms with Gasteiger partial charge in [-0.3, -0.25) is 0 Å². The van der Waals surface area contributed by atoms with E-state index < -0.39 is 7.14 Å². The molecule has 7 rings (SSSR count). The van der Waals surface area contributed by atoms with Gasteiger partial charge >= 0.3 is 0 Å². The minimum Gasteiger partial charge on any atom is -0.309 e. The molecule has 0 aliphatic carbocycles. The van der Waals surface area contributed by atoms with E-state index in [4.69, 9.17) is 0 Å². The van der Waals surface area contributed by atoms with E-state index in [1.165, 1.54) is 16.2 Å². The molecule has 2 heteroatoms. The van der Waals surface area contributed by atoms with Crippen LogP contribution in [0.4, 0.5) is 0 Å². The summed E-state index contributed by atoms with van der Waals surface area (Å²) in [7, 11) is -3.25. The SMILES string of the molecule is O=P(c1ccccc1)(c1ccccc1)c1c2ccccc2cc2c3ccccc3c3ccccc3c12. The number of rotatable bonds is 3. The van der Waals surface area contributed by atoms with E-state index in [0.29, 0.717) is 0 Å². The summed E-state index contributed by atoms with van der Waals surface area (Å²) in [5.74, 6) is 0. The monoisotopic (exact) mass is 478 g/mol. The van der Waals surface area contributed by atoms with Crippen molar-refractivity contribution in [3.05, 3.63) is 140 Å². The minimum absolute atomic E-state index is 0.853. The lowest BCUT2D eigenvalue weighted by Gasteiger charge is -2.25. The van der Waals surface area contributed by atoms with Gasteiger partial charge in [-0.15, -0.1) is 0 Å². The highest BCUT2D eigenvalue weighted by Gasteiger charge is 2.34. The van der Waals surface area contributed by atoms with Crippen LogP contribution in [0.15, 0.2) is 140 Å². The van der Waals surface area contributed by atoms with E-state index in [1.54, 1.807) is 0 Å². The normalized spacial score (nSPS) is 12.0. The average molecular weight is 479 g/mol. The van der Waals surface area contributed by atoms with Crippen LogP contribution in [0.1, 0.15) is 0 Å². The second-order valence-electron chi connectivity index (χ2n) is 9.24. The first kappa shape index (κ1) is 21.1. The van der Waals surface area contributed by atoms with E-state index in [2.05, 4.69) is 78.9 Å². The smallest absolute Gasteiger partial charge is 0.172 e. The number of hydrogen-bond donors (Lipinski definition) is 0. The van der Waals surface area contributed by atoms with Crippen LogP contribution in [0, 0.1) is 0 Å². The molecule has 0 heterocycles. The second kappa shape index (κ2) is 8.19. The fourth-order valence-electron chi connectivity index (χ4n) is 5.71. The lowest BCUT2D eigenvalue weighted by atomic mass is 9.92. The summed E-state index contributed by atoms with van der Waals surface area (Å²) in [5, 5.41) is 11.7. The van der Waals surface area contributed by atoms with Gasteiger partial charge in [0, 0.05) is 21.3 Å². The maximum Gasteiger partial charge on any atom is 0.172 e. The lowest BCUT2D eigenvalue weighted by molar-refractivity contribution is 0.593. The largest absolute Gasteiger partial charge is 0.309 e. The van der Waals surface area contributed by atoms with Crippen LogP contribution in [0.3, 0.4) is 0 Å². The molecule has 0 N–H and O–H groups in total. The fourth-order valence-corrected chi connectivity index (χ4v) is 8.81. The Kier molecular flexibility index (Phi) is 4.81. The zero-order chi connectivity index (χ0) is 24.1. The van der Waals surface area contributed by atoms with E-state index in [9.17, 15) is 0 Å². The van der Waals surface area contributed by atoms with Crippen LogP contribution in [0.25, 0.3) is 43.1 Å². The van der Waals surface area contributed by atoms with Crippen molar-refractivity contribution in [3.63, 3.8) is 0 Å². The van der Waals surface area contributed by atoms with Gasteiger partial charge in [0.2, 0.25) is 0 Å². The molecular formula is C34H23OP. The zero-order valence-electron chi connectivity index (χ0n) is 19.6. The Labute approximate surface area is 210 Å². The Balaban J connectivity index is 1.82. The molecule has 0 aliphatic rings. The Hall–Kier alpha value is -4.19. The van der Waals surface area contributed by atoms with E-state index in [-0.39, 0.29) is 0 Å². The summed E-state index contributed by atoms with van der Waals surface area (Å²) >= 11 is 0. The maximum absolute atomic E-state index is 15.8. The molecule has 0 spiro atoms. The lowest BCUT2D eigenvalue weighted by Crippen LogP contribution is -2.26. The summed E-state index contributed by atoms with van der Waals surface area (Å²) in [6, 6.07) is 47.8. The van der Waals surface area contributed by atoms with Gasteiger partial charge in [0.05, 0.1) is 0 Å². The number of hydrogen-bond acceptors (Lipinski definition) is 1. The molecule has 0 unspecified atom stereocenters. The quantitative estimate of drug-likeness (QED) is 0.143. The van der Waals surface area contributed by atoms with Crippen molar-refractivity contribution >= 4 is 66.1 Å². The molecule has 0 radical (unpaired) electrons. The Morgan fingerprint density at radius 3 is 1.39 bits per heavy atom. The summed E-state index contributed by atoms with van der Waals surface area (Å²) in [5.41, 5.74) is 0. The molecule has 7 aromatic carbocycles. The molecule has 0 atom stereocenters. The third-order valence-electron chi connectivity index (χ3n) is 7.28. The number of benzene rings is 7. The van der Waals surface area contributed by atoms with Crippen LogP contribution in [-0.4, -0.2) is 0 Å². The zero-order valence-corrected chi connectivity index (χ0v) is 20.5. The molecule has 0 fully saturated rings. The first-order valence-electron chi connectivity index (χ1n) is 12.2. The maximum atomic E-state index is 15.8. The van der Waals surface area contributed by atoms with E-state index in [0.717, 1.165) is 42.8 Å². The first-order chi connectivity index (χ1) is 17.8. The highest BCUT2D eigenvalue weighted by Crippen LogP contribution is 2.49. The van der Waals surface area contributed by atoms with Crippen molar-refractivity contribution in [1.29, 1.82) is 0 Å². The molecule has 36 heavy (non-hydrogen) atoms. The molecule has 170 valence electrons. The highest BCUT2D eigenvalue weighted by atomic mass is 31.2. The summed E-state index contributed by atoms with van der Waals surface area (Å²) in [6.07, 6.45) is 0. The van der Waals surface area contributed by atoms with Crippen molar-refractivity contribution in [2.75, 3.05) is 0 Å². The predicted molar refractivity (Wildman–Crippen MR) is 156 cm³/mol. The molecular weight excluding hydrogens is 455 g/mol. The standard InChI is InChI=1S/C34H23OP/c35-36(25-14-3-1-4-15-25,26-16-5-2-6-17-26)34-27-18-8-7-13-24(27)23-32-30-21-10-9-19-28(30)29-20-11-12-22-31(29)33(32)34/h1-23H. The molecule has 0 saturated carbocycles. The molecule has 7 aromatic rings. The predicted octanol–water partition coefficient (Wildman–Crippen LogP) is 7.94. The molecule has 1 nitrogen and oxygen atoms in total. The van der Waals surface area contributed by atoms with E-state index in [1.807, 2.05) is 60.7 Å². The van der Waals surface area contributed by atoms with Gasteiger partial charge in [-0.2, -0.15) is 0 Å². The average Bonchev–Trinajstić information content (AvgIpc) is 2.97. The molecule has 0 saturated heterocycles. The fraction of sp³-hybridized carbons (Fsp3) is 0. The van der Waals surface area contributed by atoms with Crippen LogP contribution in [0.2, 0.25) is 0 Å². The van der Waals surface area contributed by atoms with Crippen molar-refractivity contribution in [1.82, 2.24) is 0 Å². The van der Waals surface area contributed by atoms with E-state index >= 15 is 4.57 Å². The minimum atomic E-state index is -3.25. The van der Waals surface area contributed by atoms with Crippen LogP contribution in [0.5, 0.6) is 0 Å². The van der Waals surface area contributed by atoms with Gasteiger partial charge in [-0.1, -0.05) is 133 Å². The van der Waals surface area contributed by atoms with Gasteiger partial charge < -0.3 is 4.57 Å². The topological polar surface area (TPSA) is 17.1 Å². The van der Waals surface area contributed by atoms with Crippen molar-refractivity contribution in [2.45, 2.75) is 0 Å².